The second kappa shape index (κ2) is 7.20. The van der Waals surface area contributed by atoms with Gasteiger partial charge in [-0.3, -0.25) is 0 Å². The van der Waals surface area contributed by atoms with Gasteiger partial charge in [0.2, 0.25) is 0 Å². The number of hydrogen-bond acceptors (Lipinski definition) is 5. The van der Waals surface area contributed by atoms with Gasteiger partial charge in [-0.25, -0.2) is 9.59 Å². The summed E-state index contributed by atoms with van der Waals surface area (Å²) in [6.45, 7) is 8.68. The van der Waals surface area contributed by atoms with Crippen molar-refractivity contribution in [2.24, 2.45) is 0 Å². The molecule has 0 rings (SSSR count). The molecule has 1 atom stereocenters. The molecule has 0 saturated heterocycles. The second-order valence-corrected chi connectivity index (χ2v) is 4.70. The molecule has 6 heteroatoms. The van der Waals surface area contributed by atoms with E-state index in [4.69, 9.17) is 9.47 Å². The van der Waals surface area contributed by atoms with Gasteiger partial charge in [0.25, 0.3) is 0 Å². The quantitative estimate of drug-likeness (QED) is 0.733. The summed E-state index contributed by atoms with van der Waals surface area (Å²) < 4.78 is 15.1. The molecule has 0 aliphatic rings. The van der Waals surface area contributed by atoms with Gasteiger partial charge in [-0.15, -0.1) is 0 Å². The lowest BCUT2D eigenvalue weighted by molar-refractivity contribution is -0.178. The highest BCUT2D eigenvalue weighted by Crippen LogP contribution is 2.16. The predicted octanol–water partition coefficient (Wildman–Crippen LogP) is 1.48. The first-order valence-corrected chi connectivity index (χ1v) is 5.92. The van der Waals surface area contributed by atoms with Gasteiger partial charge in [0.1, 0.15) is 0 Å². The van der Waals surface area contributed by atoms with Crippen molar-refractivity contribution in [3.8, 4) is 0 Å². The van der Waals surface area contributed by atoms with Crippen molar-refractivity contribution in [2.75, 3.05) is 13.7 Å². The van der Waals surface area contributed by atoms with Crippen LogP contribution in [0.5, 0.6) is 0 Å². The maximum atomic E-state index is 12.0. The number of hydrogen-bond donors (Lipinski definition) is 1. The molecule has 0 aliphatic heterocycles. The summed E-state index contributed by atoms with van der Waals surface area (Å²) in [5.41, 5.74) is -1.23. The zero-order valence-corrected chi connectivity index (χ0v) is 11.9. The first kappa shape index (κ1) is 16.7. The topological polar surface area (TPSA) is 73.9 Å². The van der Waals surface area contributed by atoms with Crippen LogP contribution in [0.2, 0.25) is 0 Å². The minimum absolute atomic E-state index is 0.0105. The number of rotatable bonds is 6. The maximum Gasteiger partial charge on any atom is 0.406 e. The molecule has 0 aromatic heterocycles. The Kier molecular flexibility index (Phi) is 6.68. The highest BCUT2D eigenvalue weighted by Gasteiger charge is 2.38. The molecule has 0 radical (unpaired) electrons. The van der Waals surface area contributed by atoms with E-state index >= 15 is 0 Å². The van der Waals surface area contributed by atoms with Gasteiger partial charge in [-0.1, -0.05) is 0 Å². The van der Waals surface area contributed by atoms with Gasteiger partial charge >= 0.3 is 12.1 Å². The molecule has 0 spiro atoms. The van der Waals surface area contributed by atoms with Crippen LogP contribution in [-0.4, -0.2) is 43.5 Å². The van der Waals surface area contributed by atoms with E-state index in [-0.39, 0.29) is 18.8 Å². The SMILES string of the molecule is COC(=O)NC[C@](C)(OC(C)C)C(=O)OC(C)C. The lowest BCUT2D eigenvalue weighted by Gasteiger charge is -2.30. The van der Waals surface area contributed by atoms with Crippen LogP contribution in [-0.2, 0) is 19.0 Å². The normalized spacial score (nSPS) is 14.2. The number of carbonyl (C=O) groups excluding carboxylic acids is 2. The zero-order chi connectivity index (χ0) is 14.3. The lowest BCUT2D eigenvalue weighted by Crippen LogP contribution is -2.51. The highest BCUT2D eigenvalue weighted by molar-refractivity contribution is 5.80. The summed E-state index contributed by atoms with van der Waals surface area (Å²) in [6.07, 6.45) is -1.04. The van der Waals surface area contributed by atoms with Crippen molar-refractivity contribution in [2.45, 2.75) is 52.4 Å². The fourth-order valence-electron chi connectivity index (χ4n) is 1.33. The zero-order valence-electron chi connectivity index (χ0n) is 11.9. The van der Waals surface area contributed by atoms with Crippen LogP contribution in [0.4, 0.5) is 4.79 Å². The van der Waals surface area contributed by atoms with E-state index < -0.39 is 17.7 Å². The van der Waals surface area contributed by atoms with Gasteiger partial charge in [0.15, 0.2) is 5.60 Å². The minimum atomic E-state index is -1.23. The van der Waals surface area contributed by atoms with Crippen molar-refractivity contribution in [1.82, 2.24) is 5.32 Å². The number of alkyl carbamates (subject to hydrolysis) is 1. The smallest absolute Gasteiger partial charge is 0.406 e. The van der Waals surface area contributed by atoms with Crippen LogP contribution in [0.3, 0.4) is 0 Å². The van der Waals surface area contributed by atoms with Crippen LogP contribution in [0.1, 0.15) is 34.6 Å². The molecule has 18 heavy (non-hydrogen) atoms. The third kappa shape index (κ3) is 5.86. The molecule has 0 unspecified atom stereocenters. The summed E-state index contributed by atoms with van der Waals surface area (Å²) in [4.78, 5) is 23.0. The Morgan fingerprint density at radius 2 is 1.72 bits per heavy atom. The Hall–Kier alpha value is -1.30. The van der Waals surface area contributed by atoms with Crippen molar-refractivity contribution < 1.29 is 23.8 Å². The van der Waals surface area contributed by atoms with E-state index in [1.54, 1.807) is 34.6 Å². The second-order valence-electron chi connectivity index (χ2n) is 4.70. The van der Waals surface area contributed by atoms with Gasteiger partial charge in [0, 0.05) is 0 Å². The molecule has 0 aliphatic carbocycles. The van der Waals surface area contributed by atoms with Crippen LogP contribution in [0, 0.1) is 0 Å². The van der Waals surface area contributed by atoms with Crippen molar-refractivity contribution >= 4 is 12.1 Å². The Labute approximate surface area is 108 Å². The van der Waals surface area contributed by atoms with Gasteiger partial charge in [-0.2, -0.15) is 0 Å². The average Bonchev–Trinajstić information content (AvgIpc) is 2.24. The molecule has 0 bridgehead atoms. The standard InChI is InChI=1S/C12H23NO5/c1-8(2)17-10(14)12(5,18-9(3)4)7-13-11(15)16-6/h8-9H,7H2,1-6H3,(H,13,15)/t12-/m0/s1. The Balaban J connectivity index is 4.70. The molecule has 6 nitrogen and oxygen atoms in total. The number of esters is 1. The maximum absolute atomic E-state index is 12.0. The summed E-state index contributed by atoms with van der Waals surface area (Å²) in [5, 5.41) is 2.45. The van der Waals surface area contributed by atoms with Crippen molar-refractivity contribution in [3.63, 3.8) is 0 Å². The highest BCUT2D eigenvalue weighted by atomic mass is 16.6. The average molecular weight is 261 g/mol. The molecule has 0 fully saturated rings. The number of ether oxygens (including phenoxy) is 3. The Morgan fingerprint density at radius 1 is 1.17 bits per heavy atom. The predicted molar refractivity (Wildman–Crippen MR) is 66.3 cm³/mol. The molecular formula is C12H23NO5. The van der Waals surface area contributed by atoms with E-state index in [0.717, 1.165) is 0 Å². The molecular weight excluding hydrogens is 238 g/mol. The van der Waals surface area contributed by atoms with E-state index in [1.165, 1.54) is 7.11 Å². The van der Waals surface area contributed by atoms with E-state index in [2.05, 4.69) is 10.1 Å². The third-order valence-corrected chi connectivity index (χ3v) is 2.03. The molecule has 0 saturated carbocycles. The lowest BCUT2D eigenvalue weighted by atomic mass is 10.1. The van der Waals surface area contributed by atoms with E-state index in [0.29, 0.717) is 0 Å². The van der Waals surface area contributed by atoms with E-state index in [9.17, 15) is 9.59 Å². The van der Waals surface area contributed by atoms with Gasteiger partial charge < -0.3 is 19.5 Å². The summed E-state index contributed by atoms with van der Waals surface area (Å²) in [5.74, 6) is -0.511. The number of methoxy groups -OCH3 is 1. The number of carbonyl (C=O) groups is 2. The first-order chi connectivity index (χ1) is 8.21. The molecule has 0 aromatic carbocycles. The Morgan fingerprint density at radius 3 is 2.11 bits per heavy atom. The summed E-state index contributed by atoms with van der Waals surface area (Å²) in [7, 11) is 1.25. The number of amides is 1. The van der Waals surface area contributed by atoms with Crippen LogP contribution in [0.25, 0.3) is 0 Å². The van der Waals surface area contributed by atoms with Crippen LogP contribution in [0.15, 0.2) is 0 Å². The monoisotopic (exact) mass is 261 g/mol. The molecule has 106 valence electrons. The van der Waals surface area contributed by atoms with Crippen LogP contribution >= 0.6 is 0 Å². The fraction of sp³-hybridized carbons (Fsp3) is 0.833. The molecule has 1 N–H and O–H groups in total. The molecule has 1 amide bonds. The molecule has 0 heterocycles. The largest absolute Gasteiger partial charge is 0.461 e. The van der Waals surface area contributed by atoms with Crippen molar-refractivity contribution in [3.05, 3.63) is 0 Å². The minimum Gasteiger partial charge on any atom is -0.461 e. The first-order valence-electron chi connectivity index (χ1n) is 5.92. The van der Waals surface area contributed by atoms with Crippen LogP contribution < -0.4 is 5.32 Å². The summed E-state index contributed by atoms with van der Waals surface area (Å²) in [6, 6.07) is 0. The molecule has 0 aromatic rings. The van der Waals surface area contributed by atoms with Crippen molar-refractivity contribution in [1.29, 1.82) is 0 Å². The van der Waals surface area contributed by atoms with E-state index in [1.807, 2.05) is 0 Å². The fourth-order valence-corrected chi connectivity index (χ4v) is 1.33. The third-order valence-electron chi connectivity index (χ3n) is 2.03. The van der Waals surface area contributed by atoms with Gasteiger partial charge in [-0.05, 0) is 34.6 Å². The number of nitrogens with one attached hydrogen (secondary N) is 1. The Bertz CT molecular complexity index is 290. The summed E-state index contributed by atoms with van der Waals surface area (Å²) >= 11 is 0. The van der Waals surface area contributed by atoms with Gasteiger partial charge in [0.05, 0.1) is 25.9 Å².